The number of aromatic hydroxyl groups is 1. The van der Waals surface area contributed by atoms with Gasteiger partial charge < -0.3 is 10.4 Å². The van der Waals surface area contributed by atoms with Crippen molar-refractivity contribution in [3.05, 3.63) is 57.7 Å². The van der Waals surface area contributed by atoms with Crippen LogP contribution in [0.4, 0.5) is 5.69 Å². The minimum Gasteiger partial charge on any atom is -0.508 e. The van der Waals surface area contributed by atoms with Gasteiger partial charge in [0.1, 0.15) is 5.75 Å². The highest BCUT2D eigenvalue weighted by molar-refractivity contribution is 14.1. The highest BCUT2D eigenvalue weighted by Gasteiger charge is 2.07. The maximum atomic E-state index is 11.9. The molecule has 2 N–H and O–H groups in total. The predicted octanol–water partition coefficient (Wildman–Crippen LogP) is 3.25. The van der Waals surface area contributed by atoms with Crippen molar-refractivity contribution in [2.75, 3.05) is 5.32 Å². The van der Waals surface area contributed by atoms with E-state index in [4.69, 9.17) is 0 Å². The summed E-state index contributed by atoms with van der Waals surface area (Å²) in [6.45, 7) is 0. The van der Waals surface area contributed by atoms with Crippen molar-refractivity contribution in [3.8, 4) is 5.75 Å². The van der Waals surface area contributed by atoms with Gasteiger partial charge >= 0.3 is 0 Å². The summed E-state index contributed by atoms with van der Waals surface area (Å²) in [5.41, 5.74) is 1.20. The first-order valence-electron chi connectivity index (χ1n) is 5.02. The topological polar surface area (TPSA) is 49.3 Å². The lowest BCUT2D eigenvalue weighted by Gasteiger charge is -2.07. The molecule has 0 saturated heterocycles. The lowest BCUT2D eigenvalue weighted by molar-refractivity contribution is 0.102. The number of benzene rings is 2. The quantitative estimate of drug-likeness (QED) is 0.826. The molecule has 0 spiro atoms. The number of carbonyl (C=O) groups excluding carboxylic acids is 1. The number of amides is 1. The predicted molar refractivity (Wildman–Crippen MR) is 75.2 cm³/mol. The summed E-state index contributed by atoms with van der Waals surface area (Å²) in [5, 5.41) is 12.1. The first kappa shape index (κ1) is 11.9. The molecule has 3 nitrogen and oxygen atoms in total. The monoisotopic (exact) mass is 339 g/mol. The van der Waals surface area contributed by atoms with Crippen molar-refractivity contribution in [3.63, 3.8) is 0 Å². The van der Waals surface area contributed by atoms with Crippen molar-refractivity contribution >= 4 is 34.2 Å². The Kier molecular flexibility index (Phi) is 3.63. The van der Waals surface area contributed by atoms with Crippen LogP contribution in [-0.4, -0.2) is 11.0 Å². The molecular formula is C13H10INO2. The molecule has 2 aromatic rings. The van der Waals surface area contributed by atoms with Crippen LogP contribution in [0.15, 0.2) is 48.5 Å². The number of hydrogen-bond donors (Lipinski definition) is 2. The summed E-state index contributed by atoms with van der Waals surface area (Å²) in [4.78, 5) is 11.9. The van der Waals surface area contributed by atoms with Crippen molar-refractivity contribution in [1.29, 1.82) is 0 Å². The second kappa shape index (κ2) is 5.18. The molecular weight excluding hydrogens is 329 g/mol. The van der Waals surface area contributed by atoms with Gasteiger partial charge in [-0.15, -0.1) is 0 Å². The lowest BCUT2D eigenvalue weighted by atomic mass is 10.2. The first-order valence-corrected chi connectivity index (χ1v) is 6.09. The van der Waals surface area contributed by atoms with Crippen molar-refractivity contribution in [1.82, 2.24) is 0 Å². The Morgan fingerprint density at radius 2 is 1.88 bits per heavy atom. The Bertz CT molecular complexity index is 555. The van der Waals surface area contributed by atoms with E-state index in [-0.39, 0.29) is 11.7 Å². The summed E-state index contributed by atoms with van der Waals surface area (Å²) in [6, 6.07) is 13.8. The number of phenolic OH excluding ortho intramolecular Hbond substituents is 1. The third-order valence-corrected chi connectivity index (χ3v) is 3.17. The fraction of sp³-hybridized carbons (Fsp3) is 0. The van der Waals surface area contributed by atoms with Crippen molar-refractivity contribution in [2.24, 2.45) is 0 Å². The van der Waals surface area contributed by atoms with Gasteiger partial charge in [-0.25, -0.2) is 0 Å². The molecule has 0 radical (unpaired) electrons. The van der Waals surface area contributed by atoms with E-state index in [1.54, 1.807) is 12.1 Å². The first-order chi connectivity index (χ1) is 8.16. The molecule has 0 fully saturated rings. The zero-order valence-corrected chi connectivity index (χ0v) is 11.0. The number of hydrogen-bond acceptors (Lipinski definition) is 2. The summed E-state index contributed by atoms with van der Waals surface area (Å²) in [6.07, 6.45) is 0. The van der Waals surface area contributed by atoms with Gasteiger partial charge in [-0.05, 0) is 52.9 Å². The molecule has 0 aromatic heterocycles. The van der Waals surface area contributed by atoms with Gasteiger partial charge in [0.15, 0.2) is 0 Å². The summed E-state index contributed by atoms with van der Waals surface area (Å²) < 4.78 is 0.971. The van der Waals surface area contributed by atoms with Gasteiger partial charge in [-0.1, -0.05) is 18.2 Å². The average Bonchev–Trinajstić information content (AvgIpc) is 2.32. The summed E-state index contributed by atoms with van der Waals surface area (Å²) in [7, 11) is 0. The molecule has 86 valence electrons. The fourth-order valence-electron chi connectivity index (χ4n) is 1.40. The molecule has 0 aliphatic rings. The van der Waals surface area contributed by atoms with E-state index >= 15 is 0 Å². The number of para-hydroxylation sites is 1. The standard InChI is InChI=1S/C13H10INO2/c14-11-6-1-2-7-12(11)15-13(17)9-4-3-5-10(16)8-9/h1-8,16H,(H,15,17). The SMILES string of the molecule is O=C(Nc1ccccc1I)c1cccc(O)c1. The van der Waals surface area contributed by atoms with Gasteiger partial charge in [0.25, 0.3) is 5.91 Å². The Labute approximate surface area is 113 Å². The lowest BCUT2D eigenvalue weighted by Crippen LogP contribution is -2.12. The maximum Gasteiger partial charge on any atom is 0.255 e. The van der Waals surface area contributed by atoms with Gasteiger partial charge in [-0.3, -0.25) is 4.79 Å². The minimum atomic E-state index is -0.231. The molecule has 2 rings (SSSR count). The zero-order chi connectivity index (χ0) is 12.3. The van der Waals surface area contributed by atoms with Gasteiger partial charge in [0.2, 0.25) is 0 Å². The molecule has 4 heteroatoms. The van der Waals surface area contributed by atoms with E-state index in [1.165, 1.54) is 12.1 Å². The van der Waals surface area contributed by atoms with Gasteiger partial charge in [-0.2, -0.15) is 0 Å². The molecule has 1 amide bonds. The molecule has 0 saturated carbocycles. The summed E-state index contributed by atoms with van der Waals surface area (Å²) in [5.74, 6) is -0.148. The fourth-order valence-corrected chi connectivity index (χ4v) is 1.93. The van der Waals surface area contributed by atoms with E-state index in [2.05, 4.69) is 27.9 Å². The van der Waals surface area contributed by atoms with E-state index in [0.717, 1.165) is 9.26 Å². The van der Waals surface area contributed by atoms with Crippen molar-refractivity contribution in [2.45, 2.75) is 0 Å². The number of phenols is 1. The third kappa shape index (κ3) is 2.97. The van der Waals surface area contributed by atoms with Crippen LogP contribution in [0.1, 0.15) is 10.4 Å². The molecule has 17 heavy (non-hydrogen) atoms. The van der Waals surface area contributed by atoms with Crippen LogP contribution in [0.5, 0.6) is 5.75 Å². The zero-order valence-electron chi connectivity index (χ0n) is 8.85. The van der Waals surface area contributed by atoms with E-state index in [1.807, 2.05) is 24.3 Å². The van der Waals surface area contributed by atoms with Crippen LogP contribution in [0.25, 0.3) is 0 Å². The van der Waals surface area contributed by atoms with E-state index in [9.17, 15) is 9.90 Å². The number of carbonyl (C=O) groups is 1. The van der Waals surface area contributed by atoms with E-state index in [0.29, 0.717) is 5.56 Å². The normalized spacial score (nSPS) is 9.94. The van der Waals surface area contributed by atoms with Crippen LogP contribution in [-0.2, 0) is 0 Å². The highest BCUT2D eigenvalue weighted by Crippen LogP contribution is 2.18. The molecule has 0 unspecified atom stereocenters. The summed E-state index contributed by atoms with van der Waals surface area (Å²) >= 11 is 2.16. The van der Waals surface area contributed by atoms with Crippen LogP contribution in [0, 0.1) is 3.57 Å². The van der Waals surface area contributed by atoms with Gasteiger partial charge in [0, 0.05) is 9.13 Å². The maximum absolute atomic E-state index is 11.9. The smallest absolute Gasteiger partial charge is 0.255 e. The highest BCUT2D eigenvalue weighted by atomic mass is 127. The molecule has 0 aliphatic heterocycles. The van der Waals surface area contributed by atoms with Crippen molar-refractivity contribution < 1.29 is 9.90 Å². The Morgan fingerprint density at radius 1 is 1.12 bits per heavy atom. The molecule has 2 aromatic carbocycles. The third-order valence-electron chi connectivity index (χ3n) is 2.23. The van der Waals surface area contributed by atoms with Crippen LogP contribution in [0.3, 0.4) is 0 Å². The molecule has 0 atom stereocenters. The Balaban J connectivity index is 2.20. The second-order valence-electron chi connectivity index (χ2n) is 3.48. The van der Waals surface area contributed by atoms with Crippen LogP contribution >= 0.6 is 22.6 Å². The van der Waals surface area contributed by atoms with Crippen LogP contribution in [0.2, 0.25) is 0 Å². The average molecular weight is 339 g/mol. The van der Waals surface area contributed by atoms with E-state index < -0.39 is 0 Å². The van der Waals surface area contributed by atoms with Gasteiger partial charge in [0.05, 0.1) is 5.69 Å². The Morgan fingerprint density at radius 3 is 2.59 bits per heavy atom. The number of nitrogens with one attached hydrogen (secondary N) is 1. The molecule has 0 bridgehead atoms. The number of rotatable bonds is 2. The Hall–Kier alpha value is -1.56. The second-order valence-corrected chi connectivity index (χ2v) is 4.65. The molecule has 0 heterocycles. The largest absolute Gasteiger partial charge is 0.508 e. The number of halogens is 1. The molecule has 0 aliphatic carbocycles. The number of anilines is 1. The minimum absolute atomic E-state index is 0.0837. The van der Waals surface area contributed by atoms with Crippen LogP contribution < -0.4 is 5.32 Å².